The van der Waals surface area contributed by atoms with Crippen LogP contribution in [0.5, 0.6) is 0 Å². The number of carboxylic acids is 2. The number of thioether (sulfide) groups is 2. The molecule has 4 aromatic heterocycles. The van der Waals surface area contributed by atoms with E-state index in [1.807, 2.05) is 6.92 Å². The van der Waals surface area contributed by atoms with Crippen LogP contribution in [0.1, 0.15) is 30.8 Å². The van der Waals surface area contributed by atoms with E-state index in [1.54, 1.807) is 70.0 Å². The van der Waals surface area contributed by atoms with Gasteiger partial charge in [0.2, 0.25) is 5.91 Å². The van der Waals surface area contributed by atoms with E-state index in [0.717, 1.165) is 33.1 Å². The maximum atomic E-state index is 13.4. The Morgan fingerprint density at radius 2 is 1.22 bits per heavy atom. The molecule has 81 heavy (non-hydrogen) atoms. The van der Waals surface area contributed by atoms with Crippen molar-refractivity contribution in [2.75, 3.05) is 81.6 Å². The number of ether oxygens (including phenoxy) is 2. The van der Waals surface area contributed by atoms with Crippen molar-refractivity contribution >= 4 is 121 Å². The summed E-state index contributed by atoms with van der Waals surface area (Å²) in [6.07, 6.45) is 6.90. The number of nitrogens with two attached hydrogens (primary N) is 2. The number of fused-ring (bicyclic) bond motifs is 2. The van der Waals surface area contributed by atoms with Gasteiger partial charge in [0, 0.05) is 71.2 Å². The topological polar surface area (TPSA) is 361 Å². The predicted molar refractivity (Wildman–Crippen MR) is 294 cm³/mol. The van der Waals surface area contributed by atoms with Crippen LogP contribution in [0.25, 0.3) is 0 Å². The van der Waals surface area contributed by atoms with Crippen LogP contribution in [0.15, 0.2) is 92.7 Å². The molecule has 2 saturated heterocycles. The lowest BCUT2D eigenvalue weighted by atomic mass is 10.0. The van der Waals surface area contributed by atoms with E-state index in [-0.39, 0.29) is 120 Å². The van der Waals surface area contributed by atoms with E-state index in [4.69, 9.17) is 30.6 Å². The summed E-state index contributed by atoms with van der Waals surface area (Å²) in [4.78, 5) is 128. The number of carbonyl (C=O) groups is 8. The number of likely N-dealkylation sites (N-methyl/N-ethyl adjacent to an activating group) is 2. The van der Waals surface area contributed by atoms with Crippen molar-refractivity contribution in [1.29, 1.82) is 0 Å². The second-order valence-corrected chi connectivity index (χ2v) is 21.9. The van der Waals surface area contributed by atoms with Crippen LogP contribution in [0, 0.1) is 0 Å². The zero-order valence-corrected chi connectivity index (χ0v) is 47.2. The zero-order valence-electron chi connectivity index (χ0n) is 43.9. The number of amides is 6. The molecular weight excluding hydrogens is 1140 g/mol. The summed E-state index contributed by atoms with van der Waals surface area (Å²) in [5, 5.41) is 35.4. The standard InChI is InChI=1S/C49H54N14O14S4/c1-5-60(16-26-9-12-58(13-10-26)17-27-22-78-44-36(42(68)62(44)38(27)46(70)71)54-40(66)34(56-74-3)30-24-80-48(50)52-30)32(64)20-76-14-15-77-21-33(65)61(6-2)29-8-7-11-59(19-29)18-28-23-79-45-37(43(69)63(45)39(28)47(72)73)55-41(67)35(57-75-4)31-25-81-49(51)53-31/h7-13,19,24-25,36-37,44-45H,5-6,14-18,20-23H2,1-4H3,(H6-2,50,51,52,53,54,55,66,67,70,71,72,73)/p+2. The quantitative estimate of drug-likeness (QED) is 0.0150. The molecule has 0 saturated carbocycles. The molecule has 428 valence electrons. The Bertz CT molecular complexity index is 3240. The molecule has 32 heteroatoms. The van der Waals surface area contributed by atoms with Gasteiger partial charge in [0.1, 0.15) is 78.7 Å². The van der Waals surface area contributed by atoms with Crippen molar-refractivity contribution in [3.05, 3.63) is 99.3 Å². The number of thiazole rings is 2. The molecule has 0 bridgehead atoms. The number of pyridine rings is 2. The third-order valence-corrected chi connectivity index (χ3v) is 16.8. The van der Waals surface area contributed by atoms with Gasteiger partial charge in [0.05, 0.1) is 13.2 Å². The SMILES string of the molecule is CCN(Cc1cc[n+](CC2=C(C(=O)O)N3C(=O)C(NC(=O)C(=NOC)c4csc(N)n4)C3SC2)cc1)C(=O)COCCOCC(=O)N(CC)c1ccc[n+](CC2=C(C(=O)O)N3C(=O)C(NC(=O)C(=NOC)c4csc(N)n4)C3SC2)c1. The molecule has 2 fully saturated rings. The highest BCUT2D eigenvalue weighted by Gasteiger charge is 2.56. The summed E-state index contributed by atoms with van der Waals surface area (Å²) in [5.41, 5.74) is 13.3. The lowest BCUT2D eigenvalue weighted by molar-refractivity contribution is -0.689. The monoisotopic (exact) mass is 1190 g/mol. The average Bonchev–Trinajstić information content (AvgIpc) is 4.25. The molecule has 28 nitrogen and oxygen atoms in total. The van der Waals surface area contributed by atoms with Crippen molar-refractivity contribution in [3.8, 4) is 0 Å². The van der Waals surface area contributed by atoms with E-state index in [9.17, 15) is 48.6 Å². The number of nitrogen functional groups attached to an aromatic ring is 2. The molecule has 4 unspecified atom stereocenters. The first-order chi connectivity index (χ1) is 39.0. The average molecular weight is 1190 g/mol. The number of carboxylic acid groups (broad SMARTS) is 2. The maximum Gasteiger partial charge on any atom is 0.352 e. The first kappa shape index (κ1) is 59.1. The lowest BCUT2D eigenvalue weighted by Crippen LogP contribution is -2.71. The van der Waals surface area contributed by atoms with Gasteiger partial charge in [0.25, 0.3) is 29.5 Å². The number of aliphatic carboxylic acids is 2. The summed E-state index contributed by atoms with van der Waals surface area (Å²) in [6.45, 7) is 4.28. The highest BCUT2D eigenvalue weighted by Crippen LogP contribution is 2.42. The highest BCUT2D eigenvalue weighted by molar-refractivity contribution is 8.00. The first-order valence-electron chi connectivity index (χ1n) is 24.7. The van der Waals surface area contributed by atoms with Gasteiger partial charge in [-0.1, -0.05) is 10.3 Å². The molecule has 8 N–H and O–H groups in total. The molecule has 0 aliphatic carbocycles. The Kier molecular flexibility index (Phi) is 19.3. The second kappa shape index (κ2) is 26.5. The second-order valence-electron chi connectivity index (χ2n) is 17.9. The number of rotatable bonds is 26. The van der Waals surface area contributed by atoms with Crippen LogP contribution in [0.2, 0.25) is 0 Å². The third kappa shape index (κ3) is 13.3. The van der Waals surface area contributed by atoms with Crippen LogP contribution >= 0.6 is 46.2 Å². The molecule has 4 aliphatic rings. The molecule has 8 rings (SSSR count). The fourth-order valence-electron chi connectivity index (χ4n) is 9.02. The Morgan fingerprint density at radius 3 is 1.67 bits per heavy atom. The van der Waals surface area contributed by atoms with Crippen LogP contribution in [-0.2, 0) is 77.1 Å². The first-order valence-corrected chi connectivity index (χ1v) is 28.6. The number of oxime groups is 2. The fraction of sp³-hybridized carbons (Fsp3) is 0.388. The molecular formula is C49H56N14O14S4+2. The molecule has 0 spiro atoms. The van der Waals surface area contributed by atoms with Crippen molar-refractivity contribution in [1.82, 2.24) is 35.3 Å². The number of nitrogens with one attached hydrogen (secondary N) is 2. The number of hydrogen-bond acceptors (Lipinski definition) is 22. The molecule has 6 amide bonds. The van der Waals surface area contributed by atoms with Gasteiger partial charge in [-0.2, -0.15) is 4.57 Å². The van der Waals surface area contributed by atoms with Gasteiger partial charge in [-0.25, -0.2) is 24.1 Å². The van der Waals surface area contributed by atoms with Crippen LogP contribution in [0.4, 0.5) is 16.0 Å². The van der Waals surface area contributed by atoms with Gasteiger partial charge in [-0.15, -0.1) is 46.2 Å². The number of aromatic nitrogens is 4. The number of anilines is 3. The molecule has 0 aromatic carbocycles. The van der Waals surface area contributed by atoms with E-state index < -0.39 is 58.4 Å². The summed E-state index contributed by atoms with van der Waals surface area (Å²) in [6, 6.07) is 4.99. The van der Waals surface area contributed by atoms with E-state index >= 15 is 0 Å². The van der Waals surface area contributed by atoms with E-state index in [2.05, 4.69) is 30.9 Å². The maximum absolute atomic E-state index is 13.4. The van der Waals surface area contributed by atoms with Crippen molar-refractivity contribution < 1.29 is 76.9 Å². The van der Waals surface area contributed by atoms with Gasteiger partial charge in [-0.05, 0) is 25.5 Å². The summed E-state index contributed by atoms with van der Waals surface area (Å²) < 4.78 is 14.7. The lowest BCUT2D eigenvalue weighted by Gasteiger charge is -2.49. The molecule has 0 radical (unpaired) electrons. The minimum Gasteiger partial charge on any atom is -0.477 e. The van der Waals surface area contributed by atoms with Crippen molar-refractivity contribution in [2.24, 2.45) is 10.3 Å². The van der Waals surface area contributed by atoms with Crippen LogP contribution in [-0.4, -0.2) is 182 Å². The number of hydrogen-bond donors (Lipinski definition) is 6. The molecule has 4 aliphatic heterocycles. The Labute approximate surface area is 478 Å². The smallest absolute Gasteiger partial charge is 0.352 e. The van der Waals surface area contributed by atoms with Gasteiger partial charge in [-0.3, -0.25) is 38.6 Å². The Morgan fingerprint density at radius 1 is 0.728 bits per heavy atom. The van der Waals surface area contributed by atoms with Crippen molar-refractivity contribution in [2.45, 2.75) is 56.3 Å². The Hall–Kier alpha value is -8.04. The summed E-state index contributed by atoms with van der Waals surface area (Å²) >= 11 is 4.79. The molecule has 8 heterocycles. The molecule has 4 atom stereocenters. The van der Waals surface area contributed by atoms with Gasteiger partial charge < -0.3 is 61.3 Å². The molecule has 4 aromatic rings. The third-order valence-electron chi connectivity index (χ3n) is 12.8. The van der Waals surface area contributed by atoms with Gasteiger partial charge in [0.15, 0.2) is 59.6 Å². The Balaban J connectivity index is 0.773. The van der Waals surface area contributed by atoms with Crippen molar-refractivity contribution in [3.63, 3.8) is 0 Å². The summed E-state index contributed by atoms with van der Waals surface area (Å²) in [5.74, 6) is -5.42. The fourth-order valence-corrected chi connectivity index (χ4v) is 12.8. The zero-order chi connectivity index (χ0) is 58.1. The number of nitrogens with zero attached hydrogens (tertiary/aromatic N) is 10. The number of β-lactam (4-membered cyclic amide) rings is 2. The van der Waals surface area contributed by atoms with Crippen LogP contribution < -0.4 is 36.1 Å². The van der Waals surface area contributed by atoms with Gasteiger partial charge >= 0.3 is 11.9 Å². The van der Waals surface area contributed by atoms with E-state index in [0.29, 0.717) is 23.4 Å². The van der Waals surface area contributed by atoms with E-state index in [1.165, 1.54) is 58.3 Å². The normalized spacial score (nSPS) is 18.8. The minimum absolute atomic E-state index is 0.0148. The minimum atomic E-state index is -1.31. The highest BCUT2D eigenvalue weighted by atomic mass is 32.2. The number of carbonyl (C=O) groups excluding carboxylic acids is 6. The van der Waals surface area contributed by atoms with Crippen LogP contribution in [0.3, 0.4) is 0 Å². The summed E-state index contributed by atoms with van der Waals surface area (Å²) in [7, 11) is 2.51. The predicted octanol–water partition coefficient (Wildman–Crippen LogP) is -0.648. The largest absolute Gasteiger partial charge is 0.477 e.